The number of carbonyl (C=O) groups excluding carboxylic acids is 3. The van der Waals surface area contributed by atoms with Crippen molar-refractivity contribution in [2.45, 2.75) is 52.7 Å². The molecular formula is C29H30F2N2O6. The first kappa shape index (κ1) is 29.2. The predicted molar refractivity (Wildman–Crippen MR) is 139 cm³/mol. The Bertz CT molecular complexity index is 1340. The summed E-state index contributed by atoms with van der Waals surface area (Å²) in [6.45, 7) is 7.61. The maximum Gasteiger partial charge on any atom is 0.328 e. The van der Waals surface area contributed by atoms with E-state index in [-0.39, 0.29) is 22.8 Å². The van der Waals surface area contributed by atoms with Crippen LogP contribution < -0.4 is 14.8 Å². The molecule has 10 heteroatoms. The number of rotatable bonds is 9. The summed E-state index contributed by atoms with van der Waals surface area (Å²) < 4.78 is 44.8. The van der Waals surface area contributed by atoms with E-state index in [1.54, 1.807) is 32.9 Å². The number of esters is 2. The van der Waals surface area contributed by atoms with Crippen LogP contribution in [0.25, 0.3) is 0 Å². The van der Waals surface area contributed by atoms with E-state index in [0.717, 1.165) is 6.92 Å². The third-order valence-electron chi connectivity index (χ3n) is 6.08. The highest BCUT2D eigenvalue weighted by atomic mass is 19.1. The smallest absolute Gasteiger partial charge is 0.328 e. The number of carbonyl (C=O) groups is 3. The Morgan fingerprint density at radius 3 is 2.28 bits per heavy atom. The standard InChI is InChI=1S/C29H30F2N2O6/c1-15-7-9-22(23(31)13-15)25(21-10-8-20(30)14-16(21)2)18(4)38-29(36)17(3)33-28(35)26-27(39-19(5)34)24(37-6)11-12-32-26/h7-14,17-18,25H,1-6H3,(H,33,35)/t17-,18-,25+/m0/s1. The SMILES string of the molecule is COc1ccnc(C(=O)N[C@@H](C)C(=O)O[C@@H](C)[C@H](c2ccc(F)cc2C)c2ccc(C)cc2F)c1OC(C)=O. The average molecular weight is 541 g/mol. The number of pyridine rings is 1. The van der Waals surface area contributed by atoms with E-state index in [1.807, 2.05) is 0 Å². The third-order valence-corrected chi connectivity index (χ3v) is 6.08. The molecule has 0 bridgehead atoms. The highest BCUT2D eigenvalue weighted by molar-refractivity contribution is 5.98. The minimum Gasteiger partial charge on any atom is -0.493 e. The van der Waals surface area contributed by atoms with Gasteiger partial charge < -0.3 is 19.5 Å². The molecule has 1 aromatic heterocycles. The van der Waals surface area contributed by atoms with Crippen LogP contribution in [-0.2, 0) is 14.3 Å². The number of halogens is 2. The molecule has 2 aromatic carbocycles. The van der Waals surface area contributed by atoms with Gasteiger partial charge in [0.15, 0.2) is 11.4 Å². The van der Waals surface area contributed by atoms with Crippen molar-refractivity contribution in [3.05, 3.63) is 88.2 Å². The van der Waals surface area contributed by atoms with Crippen molar-refractivity contribution in [3.63, 3.8) is 0 Å². The van der Waals surface area contributed by atoms with Crippen molar-refractivity contribution in [3.8, 4) is 11.5 Å². The van der Waals surface area contributed by atoms with Crippen molar-refractivity contribution in [1.82, 2.24) is 10.3 Å². The van der Waals surface area contributed by atoms with Crippen LogP contribution in [0.15, 0.2) is 48.7 Å². The van der Waals surface area contributed by atoms with Crippen LogP contribution in [0.5, 0.6) is 11.5 Å². The van der Waals surface area contributed by atoms with Crippen LogP contribution in [0.4, 0.5) is 8.78 Å². The lowest BCUT2D eigenvalue weighted by Crippen LogP contribution is -2.42. The fraction of sp³-hybridized carbons (Fsp3) is 0.310. The van der Waals surface area contributed by atoms with E-state index >= 15 is 4.39 Å². The van der Waals surface area contributed by atoms with Crippen molar-refractivity contribution in [1.29, 1.82) is 0 Å². The van der Waals surface area contributed by atoms with Crippen LogP contribution in [0.3, 0.4) is 0 Å². The van der Waals surface area contributed by atoms with Gasteiger partial charge in [-0.3, -0.25) is 9.59 Å². The Hall–Kier alpha value is -4.34. The first-order chi connectivity index (χ1) is 18.4. The number of nitrogens with zero attached hydrogens (tertiary/aromatic N) is 1. The number of methoxy groups -OCH3 is 1. The van der Waals surface area contributed by atoms with Crippen molar-refractivity contribution in [2.24, 2.45) is 0 Å². The van der Waals surface area contributed by atoms with E-state index in [2.05, 4.69) is 10.3 Å². The molecule has 39 heavy (non-hydrogen) atoms. The number of nitrogens with one attached hydrogen (secondary N) is 1. The Kier molecular flexibility index (Phi) is 9.34. The lowest BCUT2D eigenvalue weighted by molar-refractivity contribution is -0.150. The lowest BCUT2D eigenvalue weighted by atomic mass is 9.84. The zero-order valence-electron chi connectivity index (χ0n) is 22.5. The molecule has 3 rings (SSSR count). The molecule has 0 aliphatic carbocycles. The van der Waals surface area contributed by atoms with Gasteiger partial charge in [0.25, 0.3) is 5.91 Å². The molecule has 206 valence electrons. The summed E-state index contributed by atoms with van der Waals surface area (Å²) in [5, 5.41) is 2.48. The second-order valence-corrected chi connectivity index (χ2v) is 9.13. The van der Waals surface area contributed by atoms with E-state index in [9.17, 15) is 18.8 Å². The van der Waals surface area contributed by atoms with Gasteiger partial charge in [0.05, 0.1) is 7.11 Å². The average Bonchev–Trinajstić information content (AvgIpc) is 2.86. The number of hydrogen-bond acceptors (Lipinski definition) is 7. The van der Waals surface area contributed by atoms with Crippen molar-refractivity contribution >= 4 is 17.8 Å². The number of aromatic nitrogens is 1. The molecular weight excluding hydrogens is 510 g/mol. The van der Waals surface area contributed by atoms with Gasteiger partial charge >= 0.3 is 11.9 Å². The Labute approximate surface area is 225 Å². The number of amides is 1. The molecule has 0 radical (unpaired) electrons. The van der Waals surface area contributed by atoms with Crippen molar-refractivity contribution < 1.29 is 37.4 Å². The maximum atomic E-state index is 15.1. The van der Waals surface area contributed by atoms with Gasteiger partial charge in [-0.15, -0.1) is 0 Å². The number of benzene rings is 2. The molecule has 0 saturated carbocycles. The number of hydrogen-bond donors (Lipinski definition) is 1. The van der Waals surface area contributed by atoms with Gasteiger partial charge in [-0.2, -0.15) is 0 Å². The Morgan fingerprint density at radius 2 is 1.67 bits per heavy atom. The monoisotopic (exact) mass is 540 g/mol. The van der Waals surface area contributed by atoms with Crippen molar-refractivity contribution in [2.75, 3.05) is 7.11 Å². The first-order valence-electron chi connectivity index (χ1n) is 12.2. The third kappa shape index (κ3) is 6.95. The van der Waals surface area contributed by atoms with Gasteiger partial charge in [0.1, 0.15) is 23.8 Å². The maximum absolute atomic E-state index is 15.1. The van der Waals surface area contributed by atoms with Crippen LogP contribution in [0, 0.1) is 25.5 Å². The molecule has 0 unspecified atom stereocenters. The van der Waals surface area contributed by atoms with Crippen LogP contribution in [0.2, 0.25) is 0 Å². The second kappa shape index (κ2) is 12.5. The van der Waals surface area contributed by atoms with Crippen LogP contribution in [-0.4, -0.2) is 42.1 Å². The lowest BCUT2D eigenvalue weighted by Gasteiger charge is -2.28. The fourth-order valence-corrected chi connectivity index (χ4v) is 4.22. The zero-order valence-corrected chi connectivity index (χ0v) is 22.5. The number of ether oxygens (including phenoxy) is 3. The highest BCUT2D eigenvalue weighted by Crippen LogP contribution is 2.34. The van der Waals surface area contributed by atoms with Gasteiger partial charge in [-0.1, -0.05) is 18.2 Å². The summed E-state index contributed by atoms with van der Waals surface area (Å²) >= 11 is 0. The molecule has 0 aliphatic heterocycles. The van der Waals surface area contributed by atoms with E-state index in [4.69, 9.17) is 14.2 Å². The molecule has 0 spiro atoms. The summed E-state index contributed by atoms with van der Waals surface area (Å²) in [5.41, 5.74) is 1.87. The van der Waals surface area contributed by atoms with E-state index in [0.29, 0.717) is 16.7 Å². The van der Waals surface area contributed by atoms with Gasteiger partial charge in [-0.25, -0.2) is 18.6 Å². The predicted octanol–water partition coefficient (Wildman–Crippen LogP) is 4.79. The minimum absolute atomic E-state index is 0.104. The van der Waals surface area contributed by atoms with E-state index in [1.165, 1.54) is 50.6 Å². The Morgan fingerprint density at radius 1 is 0.974 bits per heavy atom. The number of aryl methyl sites for hydroxylation is 2. The molecule has 1 amide bonds. The summed E-state index contributed by atoms with van der Waals surface area (Å²) in [6.07, 6.45) is 0.391. The van der Waals surface area contributed by atoms with Crippen LogP contribution in [0.1, 0.15) is 59.4 Å². The summed E-state index contributed by atoms with van der Waals surface area (Å²) in [6, 6.07) is 9.11. The first-order valence-corrected chi connectivity index (χ1v) is 12.2. The minimum atomic E-state index is -1.16. The molecule has 1 N–H and O–H groups in total. The fourth-order valence-electron chi connectivity index (χ4n) is 4.22. The van der Waals surface area contributed by atoms with Gasteiger partial charge in [-0.05, 0) is 68.1 Å². The van der Waals surface area contributed by atoms with E-state index < -0.39 is 47.5 Å². The topological polar surface area (TPSA) is 104 Å². The Balaban J connectivity index is 1.85. The summed E-state index contributed by atoms with van der Waals surface area (Å²) in [5.74, 6) is -4.08. The zero-order chi connectivity index (χ0) is 28.9. The molecule has 1 heterocycles. The molecule has 3 atom stereocenters. The normalized spacial score (nSPS) is 13.1. The molecule has 8 nitrogen and oxygen atoms in total. The highest BCUT2D eigenvalue weighted by Gasteiger charge is 2.31. The quantitative estimate of drug-likeness (QED) is 0.389. The van der Waals surface area contributed by atoms with Gasteiger partial charge in [0.2, 0.25) is 5.75 Å². The second-order valence-electron chi connectivity index (χ2n) is 9.13. The molecule has 0 fully saturated rings. The van der Waals surface area contributed by atoms with Crippen LogP contribution >= 0.6 is 0 Å². The van der Waals surface area contributed by atoms with Gasteiger partial charge in [0, 0.05) is 25.1 Å². The molecule has 0 aliphatic rings. The molecule has 0 saturated heterocycles. The summed E-state index contributed by atoms with van der Waals surface area (Å²) in [4.78, 5) is 41.5. The largest absolute Gasteiger partial charge is 0.493 e. The molecule has 3 aromatic rings. The summed E-state index contributed by atoms with van der Waals surface area (Å²) in [7, 11) is 1.33.